The molecule has 3 aromatic rings. The van der Waals surface area contributed by atoms with Gasteiger partial charge in [0.25, 0.3) is 0 Å². The molecule has 1 aliphatic rings. The normalized spacial score (nSPS) is 14.6. The van der Waals surface area contributed by atoms with Gasteiger partial charge in [-0.15, -0.1) is 11.3 Å². The van der Waals surface area contributed by atoms with Gasteiger partial charge in [0.05, 0.1) is 17.9 Å². The van der Waals surface area contributed by atoms with E-state index in [0.717, 1.165) is 65.5 Å². The monoisotopic (exact) mass is 551 g/mol. The molecule has 6 nitrogen and oxygen atoms in total. The molecular formula is C26H28F3N3O3S2. The third-order valence-electron chi connectivity index (χ3n) is 6.06. The number of hydrogen-bond acceptors (Lipinski definition) is 7. The van der Waals surface area contributed by atoms with Crippen molar-refractivity contribution in [1.29, 1.82) is 0 Å². The van der Waals surface area contributed by atoms with E-state index in [9.17, 15) is 23.1 Å². The van der Waals surface area contributed by atoms with E-state index in [1.165, 1.54) is 35.2 Å². The first-order valence-electron chi connectivity index (χ1n) is 11.8. The molecule has 11 heteroatoms. The summed E-state index contributed by atoms with van der Waals surface area (Å²) in [6, 6.07) is 13.2. The summed E-state index contributed by atoms with van der Waals surface area (Å²) in [5, 5.41) is 11.2. The van der Waals surface area contributed by atoms with Crippen molar-refractivity contribution in [1.82, 2.24) is 4.98 Å². The maximum absolute atomic E-state index is 12.8. The zero-order valence-electron chi connectivity index (χ0n) is 20.5. The lowest BCUT2D eigenvalue weighted by atomic mass is 10.1. The van der Waals surface area contributed by atoms with Crippen LogP contribution in [0.3, 0.4) is 0 Å². The predicted molar refractivity (Wildman–Crippen MR) is 141 cm³/mol. The van der Waals surface area contributed by atoms with Crippen molar-refractivity contribution in [3.05, 3.63) is 65.2 Å². The number of rotatable bonds is 9. The lowest BCUT2D eigenvalue weighted by Crippen LogP contribution is -2.46. The maximum Gasteiger partial charge on any atom is 0.416 e. The van der Waals surface area contributed by atoms with Crippen LogP contribution in [0.4, 0.5) is 24.5 Å². The molecule has 1 aromatic heterocycles. The van der Waals surface area contributed by atoms with Gasteiger partial charge in [-0.05, 0) is 62.4 Å². The summed E-state index contributed by atoms with van der Waals surface area (Å²) in [5.74, 6) is -0.119. The second-order valence-electron chi connectivity index (χ2n) is 9.13. The highest BCUT2D eigenvalue weighted by Gasteiger charge is 2.31. The van der Waals surface area contributed by atoms with Gasteiger partial charge in [0.1, 0.15) is 10.5 Å². The lowest BCUT2D eigenvalue weighted by Gasteiger charge is -2.37. The highest BCUT2D eigenvalue weighted by Crippen LogP contribution is 2.35. The summed E-state index contributed by atoms with van der Waals surface area (Å²) in [6.07, 6.45) is -3.70. The van der Waals surface area contributed by atoms with E-state index in [2.05, 4.69) is 14.8 Å². The van der Waals surface area contributed by atoms with Gasteiger partial charge in [-0.1, -0.05) is 11.8 Å². The molecule has 37 heavy (non-hydrogen) atoms. The molecule has 198 valence electrons. The number of benzene rings is 2. The second-order valence-corrected chi connectivity index (χ2v) is 11.9. The number of aliphatic carboxylic acids is 1. The molecule has 0 amide bonds. The fraction of sp³-hybridized carbons (Fsp3) is 0.385. The van der Waals surface area contributed by atoms with Crippen LogP contribution in [-0.2, 0) is 17.4 Å². The average molecular weight is 552 g/mol. The number of thioether (sulfide) groups is 1. The molecule has 1 aliphatic heterocycles. The van der Waals surface area contributed by atoms with Gasteiger partial charge in [0.15, 0.2) is 4.34 Å². The largest absolute Gasteiger partial charge is 0.493 e. The topological polar surface area (TPSA) is 65.9 Å². The molecule has 0 aliphatic carbocycles. The quantitative estimate of drug-likeness (QED) is 0.324. The zero-order chi connectivity index (χ0) is 26.6. The Morgan fingerprint density at radius 2 is 1.54 bits per heavy atom. The average Bonchev–Trinajstić information content (AvgIpc) is 3.30. The highest BCUT2D eigenvalue weighted by atomic mass is 32.2. The Kier molecular flexibility index (Phi) is 8.23. The molecule has 1 N–H and O–H groups in total. The first-order valence-corrected chi connectivity index (χ1v) is 13.5. The molecule has 2 heterocycles. The van der Waals surface area contributed by atoms with Crippen LogP contribution >= 0.6 is 23.1 Å². The Labute approximate surface area is 222 Å². The molecule has 0 unspecified atom stereocenters. The molecule has 0 bridgehead atoms. The minimum atomic E-state index is -4.32. The fourth-order valence-electron chi connectivity index (χ4n) is 3.82. The Morgan fingerprint density at radius 1 is 1.00 bits per heavy atom. The van der Waals surface area contributed by atoms with Crippen LogP contribution in [0.1, 0.15) is 25.1 Å². The zero-order valence-corrected chi connectivity index (χ0v) is 22.1. The van der Waals surface area contributed by atoms with Crippen LogP contribution in [0.25, 0.3) is 0 Å². The van der Waals surface area contributed by atoms with E-state index in [-0.39, 0.29) is 0 Å². The summed E-state index contributed by atoms with van der Waals surface area (Å²) in [6.45, 7) is 6.76. The highest BCUT2D eigenvalue weighted by molar-refractivity contribution is 8.03. The standard InChI is InChI=1S/C26H28F3N3O3S2/c1-25(2,23(33)34)37-24-30-19(17-36-24)11-16-35-22-9-7-21(8-10-22)32-14-12-31(13-15-32)20-5-3-18(4-6-20)26(27,28)29/h3-10,17H,11-16H2,1-2H3,(H,33,34). The smallest absolute Gasteiger partial charge is 0.416 e. The number of halogens is 3. The first-order chi connectivity index (χ1) is 17.5. The predicted octanol–water partition coefficient (Wildman–Crippen LogP) is 6.07. The molecular weight excluding hydrogens is 523 g/mol. The number of alkyl halides is 3. The molecule has 1 saturated heterocycles. The fourth-order valence-corrected chi connectivity index (χ4v) is 6.05. The number of aromatic nitrogens is 1. The van der Waals surface area contributed by atoms with Gasteiger partial charge in [-0.3, -0.25) is 4.79 Å². The number of thiazole rings is 1. The Bertz CT molecular complexity index is 1190. The van der Waals surface area contributed by atoms with Crippen LogP contribution in [0.5, 0.6) is 5.75 Å². The molecule has 4 rings (SSSR count). The van der Waals surface area contributed by atoms with E-state index in [0.29, 0.717) is 13.0 Å². The molecule has 1 fully saturated rings. The van der Waals surface area contributed by atoms with Crippen LogP contribution in [0.2, 0.25) is 0 Å². The van der Waals surface area contributed by atoms with E-state index in [1.54, 1.807) is 13.8 Å². The van der Waals surface area contributed by atoms with Gasteiger partial charge < -0.3 is 19.6 Å². The van der Waals surface area contributed by atoms with Gasteiger partial charge in [0, 0.05) is 49.4 Å². The number of carboxylic acid groups (broad SMARTS) is 1. The van der Waals surface area contributed by atoms with E-state index in [4.69, 9.17) is 4.74 Å². The molecule has 2 aromatic carbocycles. The van der Waals surface area contributed by atoms with Gasteiger partial charge in [-0.2, -0.15) is 13.2 Å². The number of piperazine rings is 1. The Morgan fingerprint density at radius 3 is 2.05 bits per heavy atom. The summed E-state index contributed by atoms with van der Waals surface area (Å²) in [5.41, 5.74) is 2.11. The van der Waals surface area contributed by atoms with Crippen molar-refractivity contribution in [2.75, 3.05) is 42.6 Å². The lowest BCUT2D eigenvalue weighted by molar-refractivity contribution is -0.139. The summed E-state index contributed by atoms with van der Waals surface area (Å²) < 4.78 is 44.1. The summed E-state index contributed by atoms with van der Waals surface area (Å²) >= 11 is 2.68. The summed E-state index contributed by atoms with van der Waals surface area (Å²) in [4.78, 5) is 20.1. The van der Waals surface area contributed by atoms with Crippen LogP contribution in [-0.4, -0.2) is 53.6 Å². The second kappa shape index (κ2) is 11.2. The minimum absolute atomic E-state index is 0.460. The molecule has 0 atom stereocenters. The number of anilines is 2. The van der Waals surface area contributed by atoms with Crippen molar-refractivity contribution in [3.8, 4) is 5.75 Å². The van der Waals surface area contributed by atoms with E-state index < -0.39 is 22.5 Å². The van der Waals surface area contributed by atoms with Gasteiger partial charge >= 0.3 is 12.1 Å². The van der Waals surface area contributed by atoms with Crippen LogP contribution in [0, 0.1) is 0 Å². The van der Waals surface area contributed by atoms with Crippen LogP contribution in [0.15, 0.2) is 58.3 Å². The first kappa shape index (κ1) is 27.1. The van der Waals surface area contributed by atoms with Crippen LogP contribution < -0.4 is 14.5 Å². The number of carbonyl (C=O) groups is 1. The third-order valence-corrected chi connectivity index (χ3v) is 8.23. The van der Waals surface area contributed by atoms with E-state index in [1.807, 2.05) is 29.6 Å². The van der Waals surface area contributed by atoms with Crippen molar-refractivity contribution < 1.29 is 27.8 Å². The maximum atomic E-state index is 12.8. The van der Waals surface area contributed by atoms with Crippen molar-refractivity contribution in [3.63, 3.8) is 0 Å². The van der Waals surface area contributed by atoms with Gasteiger partial charge in [0.2, 0.25) is 0 Å². The number of ether oxygens (including phenoxy) is 1. The van der Waals surface area contributed by atoms with Crippen molar-refractivity contribution in [2.45, 2.75) is 35.5 Å². The molecule has 0 radical (unpaired) electrons. The van der Waals surface area contributed by atoms with Crippen molar-refractivity contribution in [2.24, 2.45) is 0 Å². The van der Waals surface area contributed by atoms with Crippen molar-refractivity contribution >= 4 is 40.4 Å². The minimum Gasteiger partial charge on any atom is -0.493 e. The summed E-state index contributed by atoms with van der Waals surface area (Å²) in [7, 11) is 0. The Balaban J connectivity index is 1.23. The number of nitrogens with zero attached hydrogens (tertiary/aromatic N) is 3. The Hall–Kier alpha value is -2.92. The SMILES string of the molecule is CC(C)(Sc1nc(CCOc2ccc(N3CCN(c4ccc(C(F)(F)F)cc4)CC3)cc2)cs1)C(=O)O. The molecule has 0 spiro atoms. The molecule has 0 saturated carbocycles. The third kappa shape index (κ3) is 7.10. The van der Waals surface area contributed by atoms with Gasteiger partial charge in [-0.25, -0.2) is 4.98 Å². The van der Waals surface area contributed by atoms with E-state index >= 15 is 0 Å². The number of hydrogen-bond donors (Lipinski definition) is 1. The number of carboxylic acids is 1.